The van der Waals surface area contributed by atoms with Gasteiger partial charge >= 0.3 is 0 Å². The summed E-state index contributed by atoms with van der Waals surface area (Å²) < 4.78 is 37.1. The van der Waals surface area contributed by atoms with Crippen molar-refractivity contribution >= 4 is 27.5 Å². The Morgan fingerprint density at radius 2 is 1.72 bits per heavy atom. The molecule has 2 amide bonds. The predicted molar refractivity (Wildman–Crippen MR) is 149 cm³/mol. The number of aryl methyl sites for hydroxylation is 1. The normalized spacial score (nSPS) is 19.5. The number of piperidine rings is 2. The first-order chi connectivity index (χ1) is 18.8. The Bertz CT molecular complexity index is 1340. The van der Waals surface area contributed by atoms with Crippen LogP contribution < -0.4 is 14.4 Å². The first-order valence-corrected chi connectivity index (χ1v) is 15.0. The van der Waals surface area contributed by atoms with Crippen molar-refractivity contribution in [2.45, 2.75) is 50.7 Å². The predicted octanol–water partition coefficient (Wildman–Crippen LogP) is 3.60. The fourth-order valence-corrected chi connectivity index (χ4v) is 6.71. The van der Waals surface area contributed by atoms with Crippen molar-refractivity contribution in [2.75, 3.05) is 38.2 Å². The number of carbonyl (C=O) groups excluding carboxylic acids is 2. The molecule has 0 N–H and O–H groups in total. The Morgan fingerprint density at radius 1 is 1.00 bits per heavy atom. The standard InChI is InChI=1S/C29H35N3O6S/c1-3-39(35,36)31-18-14-23(15-19-31)38-24-9-10-25(27(20-24)37-2)29(34)30-16-12-22(13-17-30)32-26-7-5-4-6-21(26)8-11-28(32)33/h3-7,9-10,20,22-23H,1,8,11-19H2,2H3. The third kappa shape index (κ3) is 5.67. The fraction of sp³-hybridized carbons (Fsp3) is 0.448. The largest absolute Gasteiger partial charge is 0.496 e. The Kier molecular flexibility index (Phi) is 7.95. The molecule has 0 spiro atoms. The summed E-state index contributed by atoms with van der Waals surface area (Å²) in [5.41, 5.74) is 2.67. The van der Waals surface area contributed by atoms with Crippen LogP contribution in [0.4, 0.5) is 5.69 Å². The minimum atomic E-state index is -3.42. The lowest BCUT2D eigenvalue weighted by molar-refractivity contribution is -0.119. The molecule has 2 aromatic carbocycles. The van der Waals surface area contributed by atoms with E-state index >= 15 is 0 Å². The average molecular weight is 554 g/mol. The number of rotatable bonds is 7. The lowest BCUT2D eigenvalue weighted by Crippen LogP contribution is -2.50. The van der Waals surface area contributed by atoms with Crippen LogP contribution in [0, 0.1) is 0 Å². The highest BCUT2D eigenvalue weighted by Gasteiger charge is 2.34. The van der Waals surface area contributed by atoms with Crippen LogP contribution in [0.3, 0.4) is 0 Å². The van der Waals surface area contributed by atoms with Crippen LogP contribution in [-0.4, -0.2) is 74.9 Å². The molecule has 39 heavy (non-hydrogen) atoms. The Labute approximate surface area is 230 Å². The first-order valence-electron chi connectivity index (χ1n) is 13.5. The van der Waals surface area contributed by atoms with E-state index in [4.69, 9.17) is 9.47 Å². The molecule has 0 saturated carbocycles. The Balaban J connectivity index is 1.20. The van der Waals surface area contributed by atoms with Crippen molar-refractivity contribution < 1.29 is 27.5 Å². The van der Waals surface area contributed by atoms with Gasteiger partial charge in [0.2, 0.25) is 15.9 Å². The van der Waals surface area contributed by atoms with Gasteiger partial charge in [0.05, 0.1) is 12.7 Å². The molecule has 0 atom stereocenters. The van der Waals surface area contributed by atoms with Crippen molar-refractivity contribution in [2.24, 2.45) is 0 Å². The summed E-state index contributed by atoms with van der Waals surface area (Å²) in [6, 6.07) is 13.4. The number of ether oxygens (including phenoxy) is 2. The minimum absolute atomic E-state index is 0.0774. The number of benzene rings is 2. The fourth-order valence-electron chi connectivity index (χ4n) is 5.78. The molecule has 10 heteroatoms. The van der Waals surface area contributed by atoms with Gasteiger partial charge in [-0.15, -0.1) is 0 Å². The van der Waals surface area contributed by atoms with Crippen LogP contribution in [0.2, 0.25) is 0 Å². The molecule has 9 nitrogen and oxygen atoms in total. The number of anilines is 1. The van der Waals surface area contributed by atoms with Crippen molar-refractivity contribution in [1.29, 1.82) is 0 Å². The Morgan fingerprint density at radius 3 is 2.41 bits per heavy atom. The monoisotopic (exact) mass is 553 g/mol. The van der Waals surface area contributed by atoms with Gasteiger partial charge < -0.3 is 19.3 Å². The van der Waals surface area contributed by atoms with E-state index in [1.165, 1.54) is 17.0 Å². The number of likely N-dealkylation sites (tertiary alicyclic amines) is 1. The topological polar surface area (TPSA) is 96.5 Å². The van der Waals surface area contributed by atoms with Gasteiger partial charge in [-0.1, -0.05) is 24.8 Å². The number of hydrogen-bond donors (Lipinski definition) is 0. The molecule has 2 fully saturated rings. The van der Waals surface area contributed by atoms with Crippen molar-refractivity contribution in [3.8, 4) is 11.5 Å². The summed E-state index contributed by atoms with van der Waals surface area (Å²) in [4.78, 5) is 30.0. The summed E-state index contributed by atoms with van der Waals surface area (Å²) in [6.45, 7) is 5.25. The molecule has 2 aromatic rings. The van der Waals surface area contributed by atoms with Crippen molar-refractivity contribution in [1.82, 2.24) is 9.21 Å². The highest BCUT2D eigenvalue weighted by atomic mass is 32.2. The van der Waals surface area contributed by atoms with E-state index < -0.39 is 10.0 Å². The maximum Gasteiger partial charge on any atom is 0.257 e. The molecular formula is C29H35N3O6S. The van der Waals surface area contributed by atoms with Gasteiger partial charge in [0.1, 0.15) is 17.6 Å². The number of carbonyl (C=O) groups is 2. The number of fused-ring (bicyclic) bond motifs is 1. The maximum atomic E-state index is 13.4. The zero-order valence-electron chi connectivity index (χ0n) is 22.3. The molecule has 3 aliphatic heterocycles. The summed E-state index contributed by atoms with van der Waals surface area (Å²) in [5, 5.41) is 0.976. The van der Waals surface area contributed by atoms with E-state index in [1.807, 2.05) is 28.0 Å². The lowest BCUT2D eigenvalue weighted by atomic mass is 9.95. The van der Waals surface area contributed by atoms with Crippen LogP contribution in [0.5, 0.6) is 11.5 Å². The molecule has 0 unspecified atom stereocenters. The van der Waals surface area contributed by atoms with E-state index in [9.17, 15) is 18.0 Å². The van der Waals surface area contributed by atoms with Gasteiger partial charge in [-0.05, 0) is 55.9 Å². The number of hydrogen-bond acceptors (Lipinski definition) is 6. The maximum absolute atomic E-state index is 13.4. The molecular weight excluding hydrogens is 518 g/mol. The third-order valence-electron chi connectivity index (χ3n) is 7.92. The molecule has 2 saturated heterocycles. The van der Waals surface area contributed by atoms with Crippen LogP contribution in [0.25, 0.3) is 0 Å². The highest BCUT2D eigenvalue weighted by molar-refractivity contribution is 7.92. The molecule has 0 radical (unpaired) electrons. The average Bonchev–Trinajstić information content (AvgIpc) is 2.97. The summed E-state index contributed by atoms with van der Waals surface area (Å²) in [5.74, 6) is 1.06. The molecule has 3 heterocycles. The van der Waals surface area contributed by atoms with Crippen LogP contribution >= 0.6 is 0 Å². The van der Waals surface area contributed by atoms with Gasteiger partial charge in [0, 0.05) is 55.8 Å². The molecule has 5 rings (SSSR count). The quantitative estimate of drug-likeness (QED) is 0.520. The van der Waals surface area contributed by atoms with E-state index in [2.05, 4.69) is 12.6 Å². The van der Waals surface area contributed by atoms with E-state index in [-0.39, 0.29) is 24.0 Å². The van der Waals surface area contributed by atoms with Gasteiger partial charge in [0.25, 0.3) is 5.91 Å². The van der Waals surface area contributed by atoms with E-state index in [1.54, 1.807) is 18.2 Å². The summed E-state index contributed by atoms with van der Waals surface area (Å²) in [6.07, 6.45) is 3.73. The second-order valence-corrected chi connectivity index (χ2v) is 12.1. The van der Waals surface area contributed by atoms with Gasteiger partial charge in [-0.25, -0.2) is 8.42 Å². The number of methoxy groups -OCH3 is 1. The van der Waals surface area contributed by atoms with Crippen LogP contribution in [0.15, 0.2) is 54.5 Å². The molecule has 208 valence electrons. The lowest BCUT2D eigenvalue weighted by Gasteiger charge is -2.41. The zero-order valence-corrected chi connectivity index (χ0v) is 23.1. The van der Waals surface area contributed by atoms with Crippen LogP contribution in [0.1, 0.15) is 48.0 Å². The SMILES string of the molecule is C=CS(=O)(=O)N1CCC(Oc2ccc(C(=O)N3CCC(N4C(=O)CCc5ccccc54)CC3)c(OC)c2)CC1. The van der Waals surface area contributed by atoms with Crippen molar-refractivity contribution in [3.63, 3.8) is 0 Å². The number of sulfonamides is 1. The molecule has 0 aromatic heterocycles. The second-order valence-electron chi connectivity index (χ2n) is 10.2. The number of nitrogens with zero attached hydrogens (tertiary/aromatic N) is 3. The molecule has 3 aliphatic rings. The van der Waals surface area contributed by atoms with Crippen LogP contribution in [-0.2, 0) is 21.2 Å². The number of amides is 2. The molecule has 0 aliphatic carbocycles. The van der Waals surface area contributed by atoms with Crippen molar-refractivity contribution in [3.05, 3.63) is 65.6 Å². The van der Waals surface area contributed by atoms with Gasteiger partial charge in [-0.2, -0.15) is 4.31 Å². The summed E-state index contributed by atoms with van der Waals surface area (Å²) >= 11 is 0. The smallest absolute Gasteiger partial charge is 0.257 e. The van der Waals surface area contributed by atoms with E-state index in [0.717, 1.165) is 30.4 Å². The van der Waals surface area contributed by atoms with E-state index in [0.29, 0.717) is 62.5 Å². The highest BCUT2D eigenvalue weighted by Crippen LogP contribution is 2.34. The summed E-state index contributed by atoms with van der Waals surface area (Å²) in [7, 11) is -1.89. The first kappa shape index (κ1) is 27.2. The number of para-hydroxylation sites is 1. The van der Waals surface area contributed by atoms with Gasteiger partial charge in [0.15, 0.2) is 0 Å². The second kappa shape index (κ2) is 11.4. The minimum Gasteiger partial charge on any atom is -0.496 e. The van der Waals surface area contributed by atoms with Gasteiger partial charge in [-0.3, -0.25) is 9.59 Å². The Hall–Kier alpha value is -3.37. The third-order valence-corrected chi connectivity index (χ3v) is 9.43. The molecule has 0 bridgehead atoms. The zero-order chi connectivity index (χ0) is 27.6.